The third kappa shape index (κ3) is 4.89. The van der Waals surface area contributed by atoms with E-state index in [0.717, 1.165) is 4.47 Å². The van der Waals surface area contributed by atoms with Gasteiger partial charge in [0.1, 0.15) is 5.82 Å². The summed E-state index contributed by atoms with van der Waals surface area (Å²) >= 11 is 10.3. The van der Waals surface area contributed by atoms with Gasteiger partial charge in [-0.1, -0.05) is 22.9 Å². The predicted molar refractivity (Wildman–Crippen MR) is 132 cm³/mol. The Morgan fingerprint density at radius 2 is 2.00 bits per heavy atom. The molecule has 1 atom stereocenters. The van der Waals surface area contributed by atoms with Crippen LogP contribution in [0.25, 0.3) is 10.9 Å². The van der Waals surface area contributed by atoms with Crippen molar-refractivity contribution in [2.45, 2.75) is 26.4 Å². The number of carboxylic acid groups (broad SMARTS) is 1. The number of carboxylic acids is 1. The largest absolute Gasteiger partial charge is 0.493 e. The summed E-state index contributed by atoms with van der Waals surface area (Å²) in [6.07, 6.45) is 0.917. The molecule has 1 N–H and O–H groups in total. The molecule has 8 nitrogen and oxygen atoms in total. The van der Waals surface area contributed by atoms with Crippen LogP contribution in [0, 0.1) is 0 Å². The normalized spacial score (nSPS) is 12.3. The maximum absolute atomic E-state index is 13.1. The van der Waals surface area contributed by atoms with Crippen LogP contribution in [-0.2, 0) is 11.2 Å². The summed E-state index contributed by atoms with van der Waals surface area (Å²) in [5, 5.41) is 14.0. The molecular formula is C21H18Br3N3O5. The maximum Gasteiger partial charge on any atom is 0.344 e. The molecule has 0 unspecified atom stereocenters. The molecule has 0 spiro atoms. The van der Waals surface area contributed by atoms with Gasteiger partial charge in [-0.25, -0.2) is 9.78 Å². The average Bonchev–Trinajstić information content (AvgIpc) is 2.77. The van der Waals surface area contributed by atoms with Crippen LogP contribution in [0.15, 0.2) is 47.6 Å². The Hall–Kier alpha value is -2.24. The molecule has 11 heteroatoms. The topological polar surface area (TPSA) is 103 Å². The summed E-state index contributed by atoms with van der Waals surface area (Å²) < 4.78 is 13.9. The van der Waals surface area contributed by atoms with E-state index in [4.69, 9.17) is 14.6 Å². The molecule has 1 heterocycles. The zero-order valence-electron chi connectivity index (χ0n) is 17.2. The number of nitrogens with zero attached hydrogens (tertiary/aromatic N) is 3. The maximum atomic E-state index is 13.1. The molecule has 0 radical (unpaired) electrons. The van der Waals surface area contributed by atoms with Gasteiger partial charge in [0.25, 0.3) is 5.56 Å². The number of aromatic nitrogens is 2. The van der Waals surface area contributed by atoms with E-state index in [0.29, 0.717) is 43.4 Å². The standard InChI is InChI=1S/C21H18Br3N3O5/c1-4-16-26-14-6-5-12(22)8-13(14)20(28)27(16)25-9-11-7-15(31-3)19(18(24)17(11)23)32-10(2)21(29)30/h5-10H,4H2,1-3H3,(H,29,30)/t10-/m0/s1. The number of carbonyl (C=O) groups is 1. The second-order valence-corrected chi connectivity index (χ2v) is 9.13. The van der Waals surface area contributed by atoms with Gasteiger partial charge in [0.2, 0.25) is 0 Å². The summed E-state index contributed by atoms with van der Waals surface area (Å²) in [6.45, 7) is 3.31. The van der Waals surface area contributed by atoms with Crippen molar-refractivity contribution in [3.8, 4) is 11.5 Å². The van der Waals surface area contributed by atoms with E-state index >= 15 is 0 Å². The van der Waals surface area contributed by atoms with Gasteiger partial charge in [-0.2, -0.15) is 9.78 Å². The highest BCUT2D eigenvalue weighted by Gasteiger charge is 2.21. The number of hydrogen-bond acceptors (Lipinski definition) is 6. The quantitative estimate of drug-likeness (QED) is 0.369. The highest BCUT2D eigenvalue weighted by atomic mass is 79.9. The molecule has 0 aliphatic carbocycles. The van der Waals surface area contributed by atoms with Crippen LogP contribution >= 0.6 is 47.8 Å². The van der Waals surface area contributed by atoms with Crippen molar-refractivity contribution in [2.75, 3.05) is 7.11 Å². The monoisotopic (exact) mass is 629 g/mol. The zero-order valence-corrected chi connectivity index (χ0v) is 22.0. The van der Waals surface area contributed by atoms with Crippen LogP contribution in [0.5, 0.6) is 11.5 Å². The average molecular weight is 632 g/mol. The summed E-state index contributed by atoms with van der Waals surface area (Å²) in [7, 11) is 1.44. The first-order chi connectivity index (χ1) is 15.2. The number of ether oxygens (including phenoxy) is 2. The Balaban J connectivity index is 2.11. The molecule has 3 rings (SSSR count). The first kappa shape index (κ1) is 24.4. The number of hydrogen-bond donors (Lipinski definition) is 1. The summed E-state index contributed by atoms with van der Waals surface area (Å²) in [4.78, 5) is 28.8. The number of methoxy groups -OCH3 is 1. The zero-order chi connectivity index (χ0) is 23.6. The Morgan fingerprint density at radius 3 is 2.62 bits per heavy atom. The molecule has 0 amide bonds. The van der Waals surface area contributed by atoms with E-state index in [-0.39, 0.29) is 11.3 Å². The minimum atomic E-state index is -1.11. The summed E-state index contributed by atoms with van der Waals surface area (Å²) in [5.41, 5.74) is 0.885. The first-order valence-corrected chi connectivity index (χ1v) is 11.8. The fourth-order valence-electron chi connectivity index (χ4n) is 2.85. The molecular weight excluding hydrogens is 614 g/mol. The SMILES string of the molecule is CCc1nc2ccc(Br)cc2c(=O)n1N=Cc1cc(OC)c(O[C@@H](C)C(=O)O)c(Br)c1Br. The molecule has 0 bridgehead atoms. The Labute approximate surface area is 208 Å². The van der Waals surface area contributed by atoms with Crippen LogP contribution in [-0.4, -0.2) is 40.2 Å². The lowest BCUT2D eigenvalue weighted by Crippen LogP contribution is -2.23. The van der Waals surface area contributed by atoms with Crippen molar-refractivity contribution in [1.29, 1.82) is 0 Å². The molecule has 0 saturated carbocycles. The number of rotatable bonds is 7. The van der Waals surface area contributed by atoms with Gasteiger partial charge in [-0.05, 0) is 63.0 Å². The van der Waals surface area contributed by atoms with E-state index in [9.17, 15) is 9.59 Å². The molecule has 0 fully saturated rings. The number of halogens is 3. The van der Waals surface area contributed by atoms with Crippen molar-refractivity contribution >= 4 is 70.9 Å². The van der Waals surface area contributed by atoms with Gasteiger partial charge < -0.3 is 14.6 Å². The van der Waals surface area contributed by atoms with Crippen LogP contribution in [0.2, 0.25) is 0 Å². The van der Waals surface area contributed by atoms with Crippen LogP contribution < -0.4 is 15.0 Å². The molecule has 32 heavy (non-hydrogen) atoms. The van der Waals surface area contributed by atoms with Gasteiger partial charge in [0, 0.05) is 20.9 Å². The lowest BCUT2D eigenvalue weighted by Gasteiger charge is -2.17. The van der Waals surface area contributed by atoms with Crippen LogP contribution in [0.1, 0.15) is 25.2 Å². The number of aliphatic carboxylic acids is 1. The molecule has 0 saturated heterocycles. The van der Waals surface area contributed by atoms with Gasteiger partial charge >= 0.3 is 5.97 Å². The molecule has 0 aliphatic rings. The third-order valence-electron chi connectivity index (χ3n) is 4.52. The summed E-state index contributed by atoms with van der Waals surface area (Å²) in [6, 6.07) is 6.95. The second kappa shape index (κ2) is 10.1. The number of benzene rings is 2. The Morgan fingerprint density at radius 1 is 1.28 bits per heavy atom. The van der Waals surface area contributed by atoms with Crippen LogP contribution in [0.4, 0.5) is 0 Å². The van der Waals surface area contributed by atoms with Crippen molar-refractivity contribution in [3.05, 3.63) is 59.4 Å². The fourth-order valence-corrected chi connectivity index (χ4v) is 4.13. The summed E-state index contributed by atoms with van der Waals surface area (Å²) in [5.74, 6) is -0.0607. The lowest BCUT2D eigenvalue weighted by atomic mass is 10.2. The van der Waals surface area contributed by atoms with Crippen molar-refractivity contribution in [3.63, 3.8) is 0 Å². The minimum absolute atomic E-state index is 0.232. The van der Waals surface area contributed by atoms with Gasteiger partial charge in [0.05, 0.1) is 28.7 Å². The highest BCUT2D eigenvalue weighted by Crippen LogP contribution is 2.42. The fraction of sp³-hybridized carbons (Fsp3) is 0.238. The Bertz CT molecular complexity index is 1290. The lowest BCUT2D eigenvalue weighted by molar-refractivity contribution is -0.144. The number of fused-ring (bicyclic) bond motifs is 1. The first-order valence-electron chi connectivity index (χ1n) is 9.38. The van der Waals surface area contributed by atoms with E-state index in [1.165, 1.54) is 24.9 Å². The van der Waals surface area contributed by atoms with E-state index < -0.39 is 12.1 Å². The van der Waals surface area contributed by atoms with Crippen molar-refractivity contribution in [2.24, 2.45) is 5.10 Å². The van der Waals surface area contributed by atoms with Gasteiger partial charge in [-0.3, -0.25) is 4.79 Å². The smallest absolute Gasteiger partial charge is 0.344 e. The van der Waals surface area contributed by atoms with Crippen molar-refractivity contribution in [1.82, 2.24) is 9.66 Å². The molecule has 0 aliphatic heterocycles. The molecule has 1 aromatic heterocycles. The highest BCUT2D eigenvalue weighted by molar-refractivity contribution is 9.13. The predicted octanol–water partition coefficient (Wildman–Crippen LogP) is 4.99. The Kier molecular flexibility index (Phi) is 7.73. The van der Waals surface area contributed by atoms with Gasteiger partial charge in [0.15, 0.2) is 17.6 Å². The van der Waals surface area contributed by atoms with E-state index in [1.807, 2.05) is 13.0 Å². The third-order valence-corrected chi connectivity index (χ3v) is 7.16. The van der Waals surface area contributed by atoms with E-state index in [2.05, 4.69) is 57.9 Å². The van der Waals surface area contributed by atoms with Gasteiger partial charge in [-0.15, -0.1) is 0 Å². The molecule has 3 aromatic rings. The van der Waals surface area contributed by atoms with Crippen LogP contribution in [0.3, 0.4) is 0 Å². The molecule has 168 valence electrons. The minimum Gasteiger partial charge on any atom is -0.493 e. The van der Waals surface area contributed by atoms with E-state index in [1.54, 1.807) is 18.2 Å². The molecule has 2 aromatic carbocycles. The number of aryl methyl sites for hydroxylation is 1. The second-order valence-electron chi connectivity index (χ2n) is 6.63. The van der Waals surface area contributed by atoms with Crippen molar-refractivity contribution < 1.29 is 19.4 Å².